The number of amides is 1. The number of hydrogen-bond acceptors (Lipinski definition) is 7. The van der Waals surface area contributed by atoms with Gasteiger partial charge in [-0.15, -0.1) is 9.10 Å². The summed E-state index contributed by atoms with van der Waals surface area (Å²) in [5.41, 5.74) is 7.49. The fourth-order valence-electron chi connectivity index (χ4n) is 3.86. The van der Waals surface area contributed by atoms with Crippen molar-refractivity contribution in [2.45, 2.75) is 45.0 Å². The first-order valence-corrected chi connectivity index (χ1v) is 12.4. The van der Waals surface area contributed by atoms with E-state index in [4.69, 9.17) is 10.5 Å². The summed E-state index contributed by atoms with van der Waals surface area (Å²) in [5, 5.41) is 7.42. The second-order valence-corrected chi connectivity index (χ2v) is 10.7. The molecule has 0 saturated heterocycles. The highest BCUT2D eigenvalue weighted by atomic mass is 32.2. The Bertz CT molecular complexity index is 1360. The number of nitrogens with one attached hydrogen (secondary N) is 1. The molecule has 1 aromatic heterocycles. The van der Waals surface area contributed by atoms with Crippen LogP contribution >= 0.6 is 0 Å². The Morgan fingerprint density at radius 1 is 1.32 bits per heavy atom. The number of rotatable bonds is 6. The van der Waals surface area contributed by atoms with Crippen molar-refractivity contribution in [1.82, 2.24) is 10.3 Å². The molecule has 0 aliphatic carbocycles. The van der Waals surface area contributed by atoms with E-state index < -0.39 is 15.6 Å². The van der Waals surface area contributed by atoms with Crippen LogP contribution in [0.5, 0.6) is 5.75 Å². The normalized spacial score (nSPS) is 18.9. The Kier molecular flexibility index (Phi) is 5.98. The van der Waals surface area contributed by atoms with Crippen LogP contribution in [0.1, 0.15) is 49.2 Å². The number of benzene rings is 1. The molecule has 3 heterocycles. The van der Waals surface area contributed by atoms with Gasteiger partial charge in [0, 0.05) is 6.07 Å². The predicted octanol–water partition coefficient (Wildman–Crippen LogP) is 2.62. The Morgan fingerprint density at radius 3 is 2.79 bits per heavy atom. The van der Waals surface area contributed by atoms with Crippen molar-refractivity contribution in [2.75, 3.05) is 6.61 Å². The monoisotopic (exact) mass is 483 g/mol. The van der Waals surface area contributed by atoms with Gasteiger partial charge in [-0.3, -0.25) is 4.79 Å². The smallest absolute Gasteiger partial charge is 0.344 e. The zero-order chi connectivity index (χ0) is 24.7. The molecule has 2 aromatic rings. The molecule has 11 heteroatoms. The van der Waals surface area contributed by atoms with Crippen LogP contribution in [0.3, 0.4) is 0 Å². The summed E-state index contributed by atoms with van der Waals surface area (Å²) in [5.74, 6) is 0.379. The van der Waals surface area contributed by atoms with Gasteiger partial charge >= 0.3 is 5.82 Å². The number of ether oxygens (including phenoxy) is 1. The van der Waals surface area contributed by atoms with E-state index in [0.717, 1.165) is 5.70 Å². The minimum Gasteiger partial charge on any atom is -0.490 e. The molecule has 2 aliphatic rings. The van der Waals surface area contributed by atoms with Gasteiger partial charge in [-0.25, -0.2) is 8.42 Å². The fourth-order valence-corrected chi connectivity index (χ4v) is 4.95. The molecule has 4 rings (SSSR count). The third-order valence-electron chi connectivity index (χ3n) is 5.36. The maximum atomic E-state index is 13.0. The molecule has 1 atom stereocenters. The summed E-state index contributed by atoms with van der Waals surface area (Å²) in [6.45, 7) is 7.70. The topological polar surface area (TPSA) is 139 Å². The van der Waals surface area contributed by atoms with Crippen LogP contribution in [0.2, 0.25) is 0 Å². The number of nitrogens with zero attached hydrogens (tertiary/aromatic N) is 4. The SMILES string of the molecule is CC1=CC(C)[N+](c2cc(C(=O)NC(C)(C)COc3cccc4c3C(N)=NS(=O)(=O)C4)ccn2)=N1. The number of hydrogen-bond donors (Lipinski definition) is 2. The molecule has 3 N–H and O–H groups in total. The van der Waals surface area contributed by atoms with Gasteiger partial charge in [0.05, 0.1) is 28.1 Å². The number of carbonyl (C=O) groups excluding carboxylic acids is 1. The van der Waals surface area contributed by atoms with Crippen molar-refractivity contribution in [3.63, 3.8) is 0 Å². The standard InChI is InChI=1S/C23H26N6O4S/c1-14-10-15(2)29(27-14)19-11-16(8-9-25-19)22(30)26-23(3,4)13-33-18-7-5-6-17-12-34(31,32)28-21(24)20(17)18/h5-11,15H,12-13H2,1-4H3,(H2-,24,26,28,30)/p+1. The molecular formula is C23H27N6O4S+. The third-order valence-corrected chi connectivity index (χ3v) is 6.51. The van der Waals surface area contributed by atoms with Crippen LogP contribution in [0, 0.1) is 0 Å². The molecule has 10 nitrogen and oxygen atoms in total. The molecule has 0 bridgehead atoms. The lowest BCUT2D eigenvalue weighted by Gasteiger charge is -2.27. The number of pyridine rings is 1. The fraction of sp³-hybridized carbons (Fsp3) is 0.348. The van der Waals surface area contributed by atoms with Crippen LogP contribution in [0.15, 0.2) is 57.8 Å². The summed E-state index contributed by atoms with van der Waals surface area (Å²) >= 11 is 0. The van der Waals surface area contributed by atoms with Gasteiger partial charge in [0.15, 0.2) is 0 Å². The van der Waals surface area contributed by atoms with Crippen molar-refractivity contribution < 1.29 is 22.6 Å². The number of azo groups is 2. The van der Waals surface area contributed by atoms with Crippen molar-refractivity contribution in [3.05, 3.63) is 65.0 Å². The van der Waals surface area contributed by atoms with Crippen LogP contribution in [-0.2, 0) is 15.8 Å². The minimum atomic E-state index is -3.64. The van der Waals surface area contributed by atoms with Crippen molar-refractivity contribution in [1.29, 1.82) is 0 Å². The van der Waals surface area contributed by atoms with Gasteiger partial charge in [0.25, 0.3) is 15.9 Å². The Balaban J connectivity index is 1.47. The largest absolute Gasteiger partial charge is 0.490 e. The van der Waals surface area contributed by atoms with Crippen LogP contribution in [0.25, 0.3) is 0 Å². The van der Waals surface area contributed by atoms with Crippen molar-refractivity contribution in [2.24, 2.45) is 15.2 Å². The summed E-state index contributed by atoms with van der Waals surface area (Å²) in [7, 11) is -3.64. The highest BCUT2D eigenvalue weighted by Gasteiger charge is 2.29. The number of fused-ring (bicyclic) bond motifs is 1. The lowest BCUT2D eigenvalue weighted by molar-refractivity contribution is -0.530. The molecule has 178 valence electrons. The summed E-state index contributed by atoms with van der Waals surface area (Å²) < 4.78 is 35.1. The number of aromatic nitrogens is 1. The quantitative estimate of drug-likeness (QED) is 0.606. The van der Waals surface area contributed by atoms with E-state index in [1.165, 1.54) is 0 Å². The number of allylic oxidation sites excluding steroid dienone is 1. The van der Waals surface area contributed by atoms with Gasteiger partial charge in [-0.05, 0) is 56.5 Å². The number of amidine groups is 1. The van der Waals surface area contributed by atoms with Gasteiger partial charge in [0.1, 0.15) is 30.4 Å². The molecule has 1 amide bonds. The number of nitrogens with two attached hydrogens (primary N) is 1. The Morgan fingerprint density at radius 2 is 2.09 bits per heavy atom. The first-order chi connectivity index (χ1) is 15.9. The molecule has 2 aliphatic heterocycles. The summed E-state index contributed by atoms with van der Waals surface area (Å²) in [6, 6.07) is 8.47. The maximum absolute atomic E-state index is 13.0. The molecule has 34 heavy (non-hydrogen) atoms. The first kappa shape index (κ1) is 23.6. The lowest BCUT2D eigenvalue weighted by Crippen LogP contribution is -2.48. The van der Waals surface area contributed by atoms with E-state index in [2.05, 4.69) is 19.8 Å². The first-order valence-electron chi connectivity index (χ1n) is 10.8. The van der Waals surface area contributed by atoms with Gasteiger partial charge in [-0.2, -0.15) is 0 Å². The van der Waals surface area contributed by atoms with E-state index in [0.29, 0.717) is 28.3 Å². The van der Waals surface area contributed by atoms with E-state index in [-0.39, 0.29) is 30.1 Å². The Labute approximate surface area is 198 Å². The highest BCUT2D eigenvalue weighted by molar-refractivity contribution is 7.89. The van der Waals surface area contributed by atoms with E-state index in [9.17, 15) is 13.2 Å². The second-order valence-electron chi connectivity index (χ2n) is 9.02. The van der Waals surface area contributed by atoms with Crippen LogP contribution in [0.4, 0.5) is 5.82 Å². The molecule has 0 spiro atoms. The maximum Gasteiger partial charge on any atom is 0.344 e. The van der Waals surface area contributed by atoms with E-state index >= 15 is 0 Å². The zero-order valence-corrected chi connectivity index (χ0v) is 20.3. The second kappa shape index (κ2) is 8.64. The molecule has 0 radical (unpaired) electrons. The summed E-state index contributed by atoms with van der Waals surface area (Å²) in [6.07, 6.45) is 3.60. The molecule has 1 aromatic carbocycles. The van der Waals surface area contributed by atoms with E-state index in [1.807, 2.05) is 33.8 Å². The summed E-state index contributed by atoms with van der Waals surface area (Å²) in [4.78, 5) is 17.3. The zero-order valence-electron chi connectivity index (χ0n) is 19.4. The van der Waals surface area contributed by atoms with Crippen molar-refractivity contribution in [3.8, 4) is 5.75 Å². The average molecular weight is 484 g/mol. The highest BCUT2D eigenvalue weighted by Crippen LogP contribution is 2.29. The molecule has 0 saturated carbocycles. The van der Waals surface area contributed by atoms with Gasteiger partial charge in [0.2, 0.25) is 0 Å². The van der Waals surface area contributed by atoms with Gasteiger partial charge in [-0.1, -0.05) is 17.2 Å². The Hall–Kier alpha value is -3.60. The van der Waals surface area contributed by atoms with Crippen LogP contribution < -0.4 is 15.8 Å². The average Bonchev–Trinajstić information content (AvgIpc) is 3.09. The van der Waals surface area contributed by atoms with E-state index in [1.54, 1.807) is 41.2 Å². The van der Waals surface area contributed by atoms with Gasteiger partial charge < -0.3 is 15.8 Å². The third kappa shape index (κ3) is 4.98. The molecule has 1 unspecified atom stereocenters. The molecule has 0 fully saturated rings. The lowest BCUT2D eigenvalue weighted by atomic mass is 10.0. The van der Waals surface area contributed by atoms with Crippen LogP contribution in [-0.4, -0.2) is 48.0 Å². The molecular weight excluding hydrogens is 456 g/mol. The van der Waals surface area contributed by atoms with Crippen molar-refractivity contribution >= 4 is 27.6 Å². The number of carbonyl (C=O) groups is 1. The minimum absolute atomic E-state index is 0.0541. The predicted molar refractivity (Wildman–Crippen MR) is 127 cm³/mol. The number of sulfonamides is 1.